The summed E-state index contributed by atoms with van der Waals surface area (Å²) >= 11 is 0. The van der Waals surface area contributed by atoms with Gasteiger partial charge in [-0.3, -0.25) is 14.9 Å². The molecule has 1 amide bonds. The second kappa shape index (κ2) is 14.1. The second-order valence-electron chi connectivity index (χ2n) is 8.15. The van der Waals surface area contributed by atoms with Crippen molar-refractivity contribution < 1.29 is 33.5 Å². The Bertz CT molecular complexity index is 1310. The van der Waals surface area contributed by atoms with E-state index in [1.54, 1.807) is 49.4 Å². The summed E-state index contributed by atoms with van der Waals surface area (Å²) in [6, 6.07) is 16.9. The fourth-order valence-corrected chi connectivity index (χ4v) is 3.19. The zero-order valence-corrected chi connectivity index (χ0v) is 21.8. The zero-order valence-electron chi connectivity index (χ0n) is 21.8. The highest BCUT2D eigenvalue weighted by molar-refractivity contribution is 5.92. The van der Waals surface area contributed by atoms with Gasteiger partial charge < -0.3 is 18.9 Å². The van der Waals surface area contributed by atoms with Gasteiger partial charge in [0.25, 0.3) is 11.6 Å². The van der Waals surface area contributed by atoms with Gasteiger partial charge in [0.1, 0.15) is 11.5 Å². The third kappa shape index (κ3) is 8.56. The van der Waals surface area contributed by atoms with Crippen molar-refractivity contribution >= 4 is 23.8 Å². The van der Waals surface area contributed by atoms with Gasteiger partial charge in [-0.2, -0.15) is 5.10 Å². The molecule has 0 aliphatic rings. The van der Waals surface area contributed by atoms with E-state index in [1.165, 1.54) is 37.4 Å². The van der Waals surface area contributed by atoms with Gasteiger partial charge in [0.05, 0.1) is 29.9 Å². The number of carbonyl (C=O) groups excluding carboxylic acids is 2. The number of rotatable bonds is 13. The normalized spacial score (nSPS) is 11.5. The first-order valence-electron chi connectivity index (χ1n) is 12.3. The molecule has 0 aromatic heterocycles. The van der Waals surface area contributed by atoms with Crippen LogP contribution in [0.4, 0.5) is 5.69 Å². The van der Waals surface area contributed by atoms with Gasteiger partial charge in [0, 0.05) is 12.1 Å². The van der Waals surface area contributed by atoms with Crippen LogP contribution in [-0.4, -0.2) is 42.3 Å². The van der Waals surface area contributed by atoms with E-state index in [0.717, 1.165) is 6.42 Å². The molecular formula is C28H29N3O8. The number of hydrogen-bond acceptors (Lipinski definition) is 9. The lowest BCUT2D eigenvalue weighted by atomic mass is 10.2. The molecule has 0 spiro atoms. The van der Waals surface area contributed by atoms with Crippen molar-refractivity contribution in [2.24, 2.45) is 5.10 Å². The lowest BCUT2D eigenvalue weighted by Crippen LogP contribution is -2.33. The zero-order chi connectivity index (χ0) is 28.2. The van der Waals surface area contributed by atoms with Gasteiger partial charge in [-0.1, -0.05) is 6.92 Å². The van der Waals surface area contributed by atoms with Gasteiger partial charge >= 0.3 is 5.97 Å². The Morgan fingerprint density at radius 1 is 0.974 bits per heavy atom. The molecule has 3 aromatic carbocycles. The van der Waals surface area contributed by atoms with Crippen molar-refractivity contribution in [2.45, 2.75) is 33.3 Å². The van der Waals surface area contributed by atoms with Crippen LogP contribution >= 0.6 is 0 Å². The van der Waals surface area contributed by atoms with Crippen molar-refractivity contribution in [3.05, 3.63) is 88.0 Å². The molecule has 11 nitrogen and oxygen atoms in total. The number of nitrogens with zero attached hydrogens (tertiary/aromatic N) is 2. The first-order valence-corrected chi connectivity index (χ1v) is 12.3. The number of carbonyl (C=O) groups is 2. The molecule has 0 fully saturated rings. The average molecular weight is 536 g/mol. The van der Waals surface area contributed by atoms with Gasteiger partial charge in [0.2, 0.25) is 0 Å². The number of nitrogens with one attached hydrogen (secondary N) is 1. The molecule has 0 saturated heterocycles. The molecule has 204 valence electrons. The summed E-state index contributed by atoms with van der Waals surface area (Å²) in [4.78, 5) is 35.2. The fourth-order valence-electron chi connectivity index (χ4n) is 3.19. The molecule has 11 heteroatoms. The summed E-state index contributed by atoms with van der Waals surface area (Å²) in [5.41, 5.74) is 3.24. The summed E-state index contributed by atoms with van der Waals surface area (Å²) in [5.74, 6) is 0.476. The number of hydrogen-bond donors (Lipinski definition) is 1. The molecule has 3 rings (SSSR count). The lowest BCUT2D eigenvalue weighted by molar-refractivity contribution is -0.384. The maximum absolute atomic E-state index is 12.6. The van der Waals surface area contributed by atoms with Crippen LogP contribution in [0.2, 0.25) is 0 Å². The van der Waals surface area contributed by atoms with E-state index in [1.807, 2.05) is 6.92 Å². The SMILES string of the molecule is CCCOc1ccc(C(=O)Oc2ccc(/C=N\NC(=O)[C@@H](C)Oc3ccc([N+](=O)[O-])cc3)cc2OCC)cc1. The Morgan fingerprint density at radius 2 is 1.67 bits per heavy atom. The smallest absolute Gasteiger partial charge is 0.343 e. The van der Waals surface area contributed by atoms with Crippen LogP contribution < -0.4 is 24.4 Å². The summed E-state index contributed by atoms with van der Waals surface area (Å²) in [7, 11) is 0. The highest BCUT2D eigenvalue weighted by Gasteiger charge is 2.16. The van der Waals surface area contributed by atoms with Gasteiger partial charge in [-0.15, -0.1) is 0 Å². The number of ether oxygens (including phenoxy) is 4. The number of nitro benzene ring substituents is 1. The van der Waals surface area contributed by atoms with Crippen molar-refractivity contribution in [1.82, 2.24) is 5.43 Å². The molecule has 0 radical (unpaired) electrons. The number of benzene rings is 3. The van der Waals surface area contributed by atoms with Crippen LogP contribution in [0.15, 0.2) is 71.8 Å². The summed E-state index contributed by atoms with van der Waals surface area (Å²) < 4.78 is 22.2. The molecule has 0 aliphatic carbocycles. The van der Waals surface area contributed by atoms with Crippen molar-refractivity contribution in [3.8, 4) is 23.0 Å². The molecule has 0 heterocycles. The van der Waals surface area contributed by atoms with Gasteiger partial charge in [0.15, 0.2) is 17.6 Å². The highest BCUT2D eigenvalue weighted by atomic mass is 16.6. The van der Waals surface area contributed by atoms with Crippen LogP contribution in [-0.2, 0) is 4.79 Å². The van der Waals surface area contributed by atoms with E-state index in [-0.39, 0.29) is 11.4 Å². The number of hydrazone groups is 1. The predicted molar refractivity (Wildman–Crippen MR) is 144 cm³/mol. The Kier molecular flexibility index (Phi) is 10.4. The Labute approximate surface area is 225 Å². The molecule has 3 aromatic rings. The van der Waals surface area contributed by atoms with Gasteiger partial charge in [-0.25, -0.2) is 10.2 Å². The van der Waals surface area contributed by atoms with E-state index in [4.69, 9.17) is 18.9 Å². The van der Waals surface area contributed by atoms with Crippen LogP contribution in [0.25, 0.3) is 0 Å². The third-order valence-electron chi connectivity index (χ3n) is 5.15. The molecule has 1 N–H and O–H groups in total. The molecular weight excluding hydrogens is 506 g/mol. The second-order valence-corrected chi connectivity index (χ2v) is 8.15. The topological polar surface area (TPSA) is 139 Å². The number of amides is 1. The molecule has 0 saturated carbocycles. The Balaban J connectivity index is 1.59. The van der Waals surface area contributed by atoms with Crippen LogP contribution in [0.5, 0.6) is 23.0 Å². The Hall–Kier alpha value is -4.93. The highest BCUT2D eigenvalue weighted by Crippen LogP contribution is 2.29. The minimum absolute atomic E-state index is 0.0807. The summed E-state index contributed by atoms with van der Waals surface area (Å²) in [6.07, 6.45) is 1.38. The Morgan fingerprint density at radius 3 is 2.31 bits per heavy atom. The van der Waals surface area contributed by atoms with E-state index < -0.39 is 22.9 Å². The average Bonchev–Trinajstić information content (AvgIpc) is 2.93. The maximum atomic E-state index is 12.6. The van der Waals surface area contributed by atoms with Gasteiger partial charge in [-0.05, 0) is 80.4 Å². The molecule has 39 heavy (non-hydrogen) atoms. The number of non-ortho nitro benzene ring substituents is 1. The van der Waals surface area contributed by atoms with Crippen LogP contribution in [0.3, 0.4) is 0 Å². The number of esters is 1. The fraction of sp³-hybridized carbons (Fsp3) is 0.250. The maximum Gasteiger partial charge on any atom is 0.343 e. The monoisotopic (exact) mass is 535 g/mol. The molecule has 1 atom stereocenters. The first kappa shape index (κ1) is 28.6. The lowest BCUT2D eigenvalue weighted by Gasteiger charge is -2.13. The molecule has 0 bridgehead atoms. The van der Waals surface area contributed by atoms with E-state index in [9.17, 15) is 19.7 Å². The standard InChI is InChI=1S/C28H29N3O8/c1-4-16-37-23-11-7-21(8-12-23)28(33)39-25-15-6-20(17-26(25)36-5-2)18-29-30-27(32)19(3)38-24-13-9-22(10-14-24)31(34)35/h6-15,17-19H,4-5,16H2,1-3H3,(H,30,32)/b29-18-/t19-/m1/s1. The summed E-state index contributed by atoms with van der Waals surface area (Å²) in [5, 5.41) is 14.7. The quantitative estimate of drug-likeness (QED) is 0.107. The summed E-state index contributed by atoms with van der Waals surface area (Å²) in [6.45, 7) is 6.26. The van der Waals surface area contributed by atoms with Crippen molar-refractivity contribution in [1.29, 1.82) is 0 Å². The van der Waals surface area contributed by atoms with Crippen LogP contribution in [0, 0.1) is 10.1 Å². The van der Waals surface area contributed by atoms with E-state index >= 15 is 0 Å². The predicted octanol–water partition coefficient (Wildman–Crippen LogP) is 4.92. The number of nitro groups is 1. The largest absolute Gasteiger partial charge is 0.494 e. The first-order chi connectivity index (χ1) is 18.8. The van der Waals surface area contributed by atoms with E-state index in [0.29, 0.717) is 41.6 Å². The minimum atomic E-state index is -0.906. The molecule has 0 aliphatic heterocycles. The van der Waals surface area contributed by atoms with Crippen molar-refractivity contribution in [3.63, 3.8) is 0 Å². The van der Waals surface area contributed by atoms with Crippen molar-refractivity contribution in [2.75, 3.05) is 13.2 Å². The third-order valence-corrected chi connectivity index (χ3v) is 5.15. The van der Waals surface area contributed by atoms with Crippen LogP contribution in [0.1, 0.15) is 43.1 Å². The minimum Gasteiger partial charge on any atom is -0.494 e. The van der Waals surface area contributed by atoms with E-state index in [2.05, 4.69) is 10.5 Å². The molecule has 0 unspecified atom stereocenters.